The summed E-state index contributed by atoms with van der Waals surface area (Å²) in [6, 6.07) is 4.95. The number of benzene rings is 1. The number of aliphatic hydroxyl groups is 1. The molecule has 0 aliphatic heterocycles. The number of amides is 3. The molecular weight excluding hydrogens is 470 g/mol. The van der Waals surface area contributed by atoms with Crippen molar-refractivity contribution in [1.29, 1.82) is 0 Å². The van der Waals surface area contributed by atoms with Gasteiger partial charge in [0.1, 0.15) is 17.7 Å². The normalized spacial score (nSPS) is 14.9. The average molecular weight is 520 g/mol. The minimum atomic E-state index is -1.26. The van der Waals surface area contributed by atoms with Gasteiger partial charge in [0.2, 0.25) is 11.8 Å². The number of aliphatic hydroxyl groups excluding tert-OH is 1. The highest BCUT2D eigenvalue weighted by molar-refractivity contribution is 5.92. The standard InChI is InChI=1S/C29H49N3O5/c1-10-11-21(5)30-26(34)25(23-16-13-20(4)14-17-23)32(22(6)15-12-19(2)3)27(35)24(18-33)31-28(36)37-29(7,8)9/h13-14,16-17,19,21-22,24-25,33H,10-12,15,18H2,1-9H3,(H,30,34)(H,31,36). The summed E-state index contributed by atoms with van der Waals surface area (Å²) in [5.74, 6) is -0.416. The number of aryl methyl sites for hydroxylation is 1. The number of nitrogens with zero attached hydrogens (tertiary/aromatic N) is 1. The van der Waals surface area contributed by atoms with Gasteiger partial charge in [-0.2, -0.15) is 0 Å². The van der Waals surface area contributed by atoms with Crippen molar-refractivity contribution < 1.29 is 24.2 Å². The third-order valence-corrected chi connectivity index (χ3v) is 6.09. The second-order valence-corrected chi connectivity index (χ2v) is 11.5. The van der Waals surface area contributed by atoms with E-state index in [1.807, 2.05) is 45.0 Å². The van der Waals surface area contributed by atoms with Gasteiger partial charge in [-0.25, -0.2) is 4.79 Å². The molecule has 8 nitrogen and oxygen atoms in total. The van der Waals surface area contributed by atoms with Crippen molar-refractivity contribution in [3.63, 3.8) is 0 Å². The molecule has 0 aliphatic rings. The highest BCUT2D eigenvalue weighted by atomic mass is 16.6. The van der Waals surface area contributed by atoms with Crippen molar-refractivity contribution in [3.8, 4) is 0 Å². The Morgan fingerprint density at radius 2 is 1.57 bits per heavy atom. The second kappa shape index (κ2) is 15.0. The number of nitrogens with one attached hydrogen (secondary N) is 2. The van der Waals surface area contributed by atoms with Crippen LogP contribution in [0.4, 0.5) is 4.79 Å². The summed E-state index contributed by atoms with van der Waals surface area (Å²) in [6.45, 7) is 16.6. The van der Waals surface area contributed by atoms with Crippen molar-refractivity contribution in [1.82, 2.24) is 15.5 Å². The van der Waals surface area contributed by atoms with Crippen LogP contribution in [0.15, 0.2) is 24.3 Å². The number of alkyl carbamates (subject to hydrolysis) is 1. The Labute approximate surface area is 223 Å². The predicted octanol–water partition coefficient (Wildman–Crippen LogP) is 4.88. The van der Waals surface area contributed by atoms with Gasteiger partial charge in [-0.1, -0.05) is 57.0 Å². The Kier molecular flexibility index (Phi) is 13.1. The average Bonchev–Trinajstić information content (AvgIpc) is 2.78. The van der Waals surface area contributed by atoms with Gasteiger partial charge in [-0.15, -0.1) is 0 Å². The molecule has 0 saturated carbocycles. The van der Waals surface area contributed by atoms with Gasteiger partial charge >= 0.3 is 6.09 Å². The highest BCUT2D eigenvalue weighted by Gasteiger charge is 2.39. The van der Waals surface area contributed by atoms with Crippen LogP contribution >= 0.6 is 0 Å². The van der Waals surface area contributed by atoms with E-state index in [1.165, 1.54) is 4.90 Å². The summed E-state index contributed by atoms with van der Waals surface area (Å²) in [7, 11) is 0. The first-order valence-corrected chi connectivity index (χ1v) is 13.5. The van der Waals surface area contributed by atoms with E-state index in [9.17, 15) is 19.5 Å². The van der Waals surface area contributed by atoms with Crippen LogP contribution in [0.1, 0.15) is 98.2 Å². The predicted molar refractivity (Wildman–Crippen MR) is 147 cm³/mol. The lowest BCUT2D eigenvalue weighted by molar-refractivity contribution is -0.146. The van der Waals surface area contributed by atoms with Gasteiger partial charge in [0.25, 0.3) is 0 Å². The molecule has 0 heterocycles. The van der Waals surface area contributed by atoms with Gasteiger partial charge in [0, 0.05) is 12.1 Å². The fourth-order valence-electron chi connectivity index (χ4n) is 4.14. The minimum Gasteiger partial charge on any atom is -0.444 e. The first-order chi connectivity index (χ1) is 17.2. The number of hydrogen-bond donors (Lipinski definition) is 3. The molecule has 3 amide bonds. The number of carbonyl (C=O) groups excluding carboxylic acids is 3. The highest BCUT2D eigenvalue weighted by Crippen LogP contribution is 2.28. The first-order valence-electron chi connectivity index (χ1n) is 13.5. The number of rotatable bonds is 13. The fourth-order valence-corrected chi connectivity index (χ4v) is 4.14. The lowest BCUT2D eigenvalue weighted by Gasteiger charge is -2.39. The van der Waals surface area contributed by atoms with Crippen LogP contribution < -0.4 is 10.6 Å². The third kappa shape index (κ3) is 11.1. The van der Waals surface area contributed by atoms with Crippen molar-refractivity contribution in [2.75, 3.05) is 6.61 Å². The van der Waals surface area contributed by atoms with E-state index in [1.54, 1.807) is 20.8 Å². The molecule has 37 heavy (non-hydrogen) atoms. The summed E-state index contributed by atoms with van der Waals surface area (Å²) >= 11 is 0. The molecule has 4 atom stereocenters. The monoisotopic (exact) mass is 519 g/mol. The summed E-state index contributed by atoms with van der Waals surface area (Å²) in [5, 5.41) is 15.7. The molecule has 1 aromatic rings. The molecular formula is C29H49N3O5. The largest absolute Gasteiger partial charge is 0.444 e. The van der Waals surface area contributed by atoms with E-state index in [-0.39, 0.29) is 18.0 Å². The van der Waals surface area contributed by atoms with E-state index in [0.29, 0.717) is 17.9 Å². The zero-order valence-corrected chi connectivity index (χ0v) is 24.3. The molecule has 0 spiro atoms. The molecule has 0 radical (unpaired) electrons. The Morgan fingerprint density at radius 3 is 2.05 bits per heavy atom. The Hall–Kier alpha value is -2.61. The Balaban J connectivity index is 3.51. The van der Waals surface area contributed by atoms with E-state index in [4.69, 9.17) is 4.74 Å². The van der Waals surface area contributed by atoms with Gasteiger partial charge in [-0.3, -0.25) is 9.59 Å². The molecule has 0 bridgehead atoms. The van der Waals surface area contributed by atoms with Crippen LogP contribution in [0, 0.1) is 12.8 Å². The van der Waals surface area contributed by atoms with Crippen molar-refractivity contribution >= 4 is 17.9 Å². The summed E-state index contributed by atoms with van der Waals surface area (Å²) in [4.78, 5) is 41.7. The molecule has 0 fully saturated rings. The number of hydrogen-bond acceptors (Lipinski definition) is 5. The molecule has 1 aromatic carbocycles. The van der Waals surface area contributed by atoms with Crippen LogP contribution in [0.2, 0.25) is 0 Å². The molecule has 0 aromatic heterocycles. The fraction of sp³-hybridized carbons (Fsp3) is 0.690. The number of ether oxygens (including phenoxy) is 1. The Bertz CT molecular complexity index is 863. The van der Waals surface area contributed by atoms with E-state index in [0.717, 1.165) is 24.8 Å². The van der Waals surface area contributed by atoms with Crippen LogP contribution in [0.5, 0.6) is 0 Å². The topological polar surface area (TPSA) is 108 Å². The first kappa shape index (κ1) is 32.4. The third-order valence-electron chi connectivity index (χ3n) is 6.09. The lowest BCUT2D eigenvalue weighted by atomic mass is 9.96. The molecule has 210 valence electrons. The quantitative estimate of drug-likeness (QED) is 0.344. The zero-order valence-electron chi connectivity index (χ0n) is 24.3. The smallest absolute Gasteiger partial charge is 0.408 e. The van der Waals surface area contributed by atoms with E-state index < -0.39 is 36.3 Å². The SMILES string of the molecule is CCCC(C)NC(=O)C(c1ccc(C)cc1)N(C(=O)C(CO)NC(=O)OC(C)(C)C)C(C)CCC(C)C. The lowest BCUT2D eigenvalue weighted by Crippen LogP contribution is -2.57. The molecule has 1 rings (SSSR count). The van der Waals surface area contributed by atoms with Crippen molar-refractivity contribution in [2.24, 2.45) is 5.92 Å². The molecule has 8 heteroatoms. The van der Waals surface area contributed by atoms with E-state index >= 15 is 0 Å². The maximum Gasteiger partial charge on any atom is 0.408 e. The molecule has 4 unspecified atom stereocenters. The van der Waals surface area contributed by atoms with Crippen LogP contribution in [-0.4, -0.2) is 58.2 Å². The maximum atomic E-state index is 14.0. The van der Waals surface area contributed by atoms with E-state index in [2.05, 4.69) is 31.4 Å². The second-order valence-electron chi connectivity index (χ2n) is 11.5. The molecule has 0 aliphatic carbocycles. The minimum absolute atomic E-state index is 0.0677. The van der Waals surface area contributed by atoms with Crippen molar-refractivity contribution in [2.45, 2.75) is 118 Å². The van der Waals surface area contributed by atoms with Gasteiger partial charge < -0.3 is 25.4 Å². The van der Waals surface area contributed by atoms with Gasteiger partial charge in [-0.05, 0) is 72.3 Å². The zero-order chi connectivity index (χ0) is 28.3. The summed E-state index contributed by atoms with van der Waals surface area (Å²) in [6.07, 6.45) is 2.43. The Morgan fingerprint density at radius 1 is 0.973 bits per heavy atom. The van der Waals surface area contributed by atoms with Crippen LogP contribution in [-0.2, 0) is 14.3 Å². The van der Waals surface area contributed by atoms with Crippen LogP contribution in [0.3, 0.4) is 0 Å². The molecule has 3 N–H and O–H groups in total. The van der Waals surface area contributed by atoms with Crippen molar-refractivity contribution in [3.05, 3.63) is 35.4 Å². The summed E-state index contributed by atoms with van der Waals surface area (Å²) in [5.41, 5.74) is 0.940. The number of carbonyl (C=O) groups is 3. The van der Waals surface area contributed by atoms with Crippen LogP contribution in [0.25, 0.3) is 0 Å². The summed E-state index contributed by atoms with van der Waals surface area (Å²) < 4.78 is 5.31. The van der Waals surface area contributed by atoms with Gasteiger partial charge in [0.05, 0.1) is 6.61 Å². The molecule has 0 saturated heterocycles. The van der Waals surface area contributed by atoms with Gasteiger partial charge in [0.15, 0.2) is 0 Å². The maximum absolute atomic E-state index is 14.0.